The quantitative estimate of drug-likeness (QED) is 0.144. The Hall–Kier alpha value is -3.48. The second-order valence-electron chi connectivity index (χ2n) is 8.75. The number of thiol groups is 2. The van der Waals surface area contributed by atoms with Crippen LogP contribution in [0.4, 0.5) is 0 Å². The minimum Gasteiger partial charge on any atom is -0.480 e. The summed E-state index contributed by atoms with van der Waals surface area (Å²) in [5, 5.41) is 18.0. The molecule has 0 saturated carbocycles. The van der Waals surface area contributed by atoms with E-state index in [0.29, 0.717) is 0 Å². The van der Waals surface area contributed by atoms with Crippen LogP contribution in [0.3, 0.4) is 0 Å². The van der Waals surface area contributed by atoms with Crippen LogP contribution in [0.15, 0.2) is 60.8 Å². The van der Waals surface area contributed by atoms with Gasteiger partial charge in [-0.25, -0.2) is 4.79 Å². The van der Waals surface area contributed by atoms with E-state index in [9.17, 15) is 24.3 Å². The average molecular weight is 558 g/mol. The minimum absolute atomic E-state index is 0.0760. The Labute approximate surface area is 230 Å². The molecule has 0 spiro atoms. The van der Waals surface area contributed by atoms with Crippen LogP contribution in [0.5, 0.6) is 0 Å². The molecule has 0 radical (unpaired) electrons. The van der Waals surface area contributed by atoms with Gasteiger partial charge < -0.3 is 31.8 Å². The first-order chi connectivity index (χ1) is 18.2. The van der Waals surface area contributed by atoms with E-state index in [2.05, 4.69) is 46.2 Å². The van der Waals surface area contributed by atoms with Crippen LogP contribution in [0.1, 0.15) is 11.1 Å². The third-order valence-electron chi connectivity index (χ3n) is 5.98. The number of aliphatic carboxylic acids is 1. The minimum atomic E-state index is -1.25. The molecule has 1 heterocycles. The molecule has 38 heavy (non-hydrogen) atoms. The molecule has 3 aromatic rings. The number of rotatable bonds is 13. The fraction of sp³-hybridized carbons (Fsp3) is 0.308. The number of carboxylic acid groups (broad SMARTS) is 1. The van der Waals surface area contributed by atoms with E-state index >= 15 is 0 Å². The lowest BCUT2D eigenvalue weighted by molar-refractivity contribution is -0.141. The summed E-state index contributed by atoms with van der Waals surface area (Å²) in [5.74, 6) is -3.18. The number of carbonyl (C=O) groups excluding carboxylic acids is 3. The number of hydrogen-bond donors (Lipinski definition) is 8. The molecule has 1 aromatic heterocycles. The number of aromatic amines is 1. The van der Waals surface area contributed by atoms with Gasteiger partial charge in [-0.2, -0.15) is 25.3 Å². The van der Waals surface area contributed by atoms with Crippen LogP contribution in [0.2, 0.25) is 0 Å². The van der Waals surface area contributed by atoms with E-state index < -0.39 is 47.9 Å². The highest BCUT2D eigenvalue weighted by Crippen LogP contribution is 2.19. The van der Waals surface area contributed by atoms with Crippen molar-refractivity contribution in [3.63, 3.8) is 0 Å². The molecule has 0 aliphatic carbocycles. The van der Waals surface area contributed by atoms with E-state index in [1.165, 1.54) is 0 Å². The van der Waals surface area contributed by atoms with Crippen LogP contribution < -0.4 is 21.7 Å². The molecule has 2 aromatic carbocycles. The van der Waals surface area contributed by atoms with Crippen LogP contribution in [-0.4, -0.2) is 69.5 Å². The van der Waals surface area contributed by atoms with Crippen LogP contribution in [0.25, 0.3) is 10.9 Å². The number of benzene rings is 2. The van der Waals surface area contributed by atoms with Crippen molar-refractivity contribution >= 4 is 59.9 Å². The smallest absolute Gasteiger partial charge is 0.327 e. The number of nitrogens with one attached hydrogen (secondary N) is 4. The number of fused-ring (bicyclic) bond motifs is 1. The van der Waals surface area contributed by atoms with Gasteiger partial charge in [0.2, 0.25) is 17.7 Å². The molecular weight excluding hydrogens is 526 g/mol. The lowest BCUT2D eigenvalue weighted by Gasteiger charge is -2.25. The molecule has 3 rings (SSSR count). The molecule has 3 amide bonds. The SMILES string of the molecule is NC(CS)C(=O)NC(Cc1c[nH]c2ccccc12)C(=O)NC(Cc1ccccc1)C(=O)NC(CS)C(=O)O. The van der Waals surface area contributed by atoms with Gasteiger partial charge >= 0.3 is 5.97 Å². The van der Waals surface area contributed by atoms with Gasteiger partial charge in [-0.1, -0.05) is 48.5 Å². The number of carbonyl (C=O) groups is 4. The van der Waals surface area contributed by atoms with Crippen molar-refractivity contribution in [2.45, 2.75) is 37.0 Å². The Morgan fingerprint density at radius 2 is 1.37 bits per heavy atom. The van der Waals surface area contributed by atoms with Crippen molar-refractivity contribution in [3.05, 3.63) is 71.9 Å². The molecule has 12 heteroatoms. The molecule has 4 atom stereocenters. The van der Waals surface area contributed by atoms with E-state index in [1.807, 2.05) is 30.3 Å². The van der Waals surface area contributed by atoms with E-state index in [1.54, 1.807) is 30.5 Å². The number of amides is 3. The van der Waals surface area contributed by atoms with E-state index in [4.69, 9.17) is 5.73 Å². The molecule has 4 unspecified atom stereocenters. The van der Waals surface area contributed by atoms with E-state index in [-0.39, 0.29) is 24.3 Å². The number of H-pyrrole nitrogens is 1. The molecule has 0 aliphatic heterocycles. The van der Waals surface area contributed by atoms with Crippen molar-refractivity contribution in [2.24, 2.45) is 5.73 Å². The molecule has 7 N–H and O–H groups in total. The van der Waals surface area contributed by atoms with Gasteiger partial charge in [0.1, 0.15) is 18.1 Å². The molecule has 202 valence electrons. The highest BCUT2D eigenvalue weighted by atomic mass is 32.1. The van der Waals surface area contributed by atoms with Gasteiger partial charge in [-0.3, -0.25) is 14.4 Å². The highest BCUT2D eigenvalue weighted by molar-refractivity contribution is 7.80. The molecule has 0 aliphatic rings. The van der Waals surface area contributed by atoms with Crippen molar-refractivity contribution in [3.8, 4) is 0 Å². The zero-order valence-electron chi connectivity index (χ0n) is 20.5. The normalized spacial score (nSPS) is 14.2. The van der Waals surface area contributed by atoms with Crippen molar-refractivity contribution < 1.29 is 24.3 Å². The van der Waals surface area contributed by atoms with Crippen molar-refractivity contribution in [1.82, 2.24) is 20.9 Å². The second kappa shape index (κ2) is 13.9. The van der Waals surface area contributed by atoms with Crippen molar-refractivity contribution in [2.75, 3.05) is 11.5 Å². The summed E-state index contributed by atoms with van der Waals surface area (Å²) in [5.41, 5.74) is 8.23. The third-order valence-corrected chi connectivity index (χ3v) is 6.74. The lowest BCUT2D eigenvalue weighted by Crippen LogP contribution is -2.58. The Bertz CT molecular complexity index is 1270. The predicted molar refractivity (Wildman–Crippen MR) is 151 cm³/mol. The molecule has 0 bridgehead atoms. The summed E-state index contributed by atoms with van der Waals surface area (Å²) >= 11 is 8.06. The summed E-state index contributed by atoms with van der Waals surface area (Å²) in [6, 6.07) is 12.1. The van der Waals surface area contributed by atoms with Gasteiger partial charge in [0.25, 0.3) is 0 Å². The summed E-state index contributed by atoms with van der Waals surface area (Å²) in [6.07, 6.45) is 1.98. The van der Waals surface area contributed by atoms with Gasteiger partial charge in [0.05, 0.1) is 6.04 Å². The Kier molecular flexibility index (Phi) is 10.6. The summed E-state index contributed by atoms with van der Waals surface area (Å²) in [6.45, 7) is 0. The van der Waals surface area contributed by atoms with Crippen LogP contribution >= 0.6 is 25.3 Å². The summed E-state index contributed by atoms with van der Waals surface area (Å²) in [7, 11) is 0. The standard InChI is InChI=1S/C26H31N5O5S2/c27-18(13-37)23(32)29-21(11-16-12-28-19-9-5-4-8-17(16)19)25(34)30-20(10-15-6-2-1-3-7-15)24(33)31-22(14-38)26(35)36/h1-9,12,18,20-22,28,37-38H,10-11,13-14,27H2,(H,29,32)(H,30,34)(H,31,33)(H,35,36). The third kappa shape index (κ3) is 7.76. The maximum Gasteiger partial charge on any atom is 0.327 e. The zero-order chi connectivity index (χ0) is 27.7. The summed E-state index contributed by atoms with van der Waals surface area (Å²) in [4.78, 5) is 53.9. The number of nitrogens with two attached hydrogens (primary N) is 1. The van der Waals surface area contributed by atoms with Gasteiger partial charge in [-0.05, 0) is 17.2 Å². The number of hydrogen-bond acceptors (Lipinski definition) is 7. The largest absolute Gasteiger partial charge is 0.480 e. The van der Waals surface area contributed by atoms with Crippen molar-refractivity contribution in [1.29, 1.82) is 0 Å². The molecule has 0 saturated heterocycles. The van der Waals surface area contributed by atoms with Crippen LogP contribution in [0, 0.1) is 0 Å². The fourth-order valence-electron chi connectivity index (χ4n) is 3.88. The first kappa shape index (κ1) is 29.1. The lowest BCUT2D eigenvalue weighted by atomic mass is 10.0. The Balaban J connectivity index is 1.87. The van der Waals surface area contributed by atoms with Gasteiger partial charge in [0, 0.05) is 41.4 Å². The second-order valence-corrected chi connectivity index (χ2v) is 9.48. The highest BCUT2D eigenvalue weighted by Gasteiger charge is 2.30. The zero-order valence-corrected chi connectivity index (χ0v) is 22.3. The maximum atomic E-state index is 13.5. The number of carboxylic acids is 1. The first-order valence-corrected chi connectivity index (χ1v) is 13.2. The predicted octanol–water partition coefficient (Wildman–Crippen LogP) is 0.679. The van der Waals surface area contributed by atoms with Gasteiger partial charge in [-0.15, -0.1) is 0 Å². The van der Waals surface area contributed by atoms with Gasteiger partial charge in [0.15, 0.2) is 0 Å². The number of aromatic nitrogens is 1. The number of para-hydroxylation sites is 1. The molecule has 0 fully saturated rings. The average Bonchev–Trinajstić information content (AvgIpc) is 3.33. The van der Waals surface area contributed by atoms with E-state index in [0.717, 1.165) is 22.0 Å². The first-order valence-electron chi connectivity index (χ1n) is 11.9. The Morgan fingerprint density at radius 3 is 2.00 bits per heavy atom. The van der Waals surface area contributed by atoms with Crippen LogP contribution in [-0.2, 0) is 32.0 Å². The topological polar surface area (TPSA) is 166 Å². The fourth-order valence-corrected chi connectivity index (χ4v) is 4.29. The molecular formula is C26H31N5O5S2. The maximum absolute atomic E-state index is 13.5. The molecule has 10 nitrogen and oxygen atoms in total. The monoisotopic (exact) mass is 557 g/mol. The summed E-state index contributed by atoms with van der Waals surface area (Å²) < 4.78 is 0. The Morgan fingerprint density at radius 1 is 0.789 bits per heavy atom.